The van der Waals surface area contributed by atoms with Crippen molar-refractivity contribution in [3.05, 3.63) is 77.4 Å². The zero-order chi connectivity index (χ0) is 24.7. The Balaban J connectivity index is 1.29. The highest BCUT2D eigenvalue weighted by Gasteiger charge is 2.23. The molecule has 8 nitrogen and oxygen atoms in total. The molecular weight excluding hydrogens is 452 g/mol. The van der Waals surface area contributed by atoms with Crippen molar-refractivity contribution in [1.29, 1.82) is 5.26 Å². The quantitative estimate of drug-likeness (QED) is 0.472. The third kappa shape index (κ3) is 5.81. The van der Waals surface area contributed by atoms with Crippen molar-refractivity contribution in [2.24, 2.45) is 0 Å². The van der Waals surface area contributed by atoms with E-state index in [1.54, 1.807) is 0 Å². The van der Waals surface area contributed by atoms with E-state index < -0.39 is 6.09 Å². The van der Waals surface area contributed by atoms with Crippen LogP contribution in [0.3, 0.4) is 0 Å². The molecule has 1 aliphatic carbocycles. The molecule has 0 unspecified atom stereocenters. The lowest BCUT2D eigenvalue weighted by atomic mass is 9.85. The average molecular weight is 483 g/mol. The fraction of sp³-hybridized carbons (Fsp3) is 0.357. The molecule has 3 aromatic rings. The van der Waals surface area contributed by atoms with Gasteiger partial charge in [-0.25, -0.2) is 9.78 Å². The smallest absolute Gasteiger partial charge is 0.375 e. The Morgan fingerprint density at radius 3 is 2.81 bits per heavy atom. The van der Waals surface area contributed by atoms with Gasteiger partial charge in [-0.2, -0.15) is 5.26 Å². The van der Waals surface area contributed by atoms with Crippen LogP contribution < -0.4 is 10.1 Å². The monoisotopic (exact) mass is 482 g/mol. The molecule has 1 aliphatic heterocycles. The number of carbonyl (C=O) groups excluding carboxylic acids is 1. The Hall–Kier alpha value is -3.96. The van der Waals surface area contributed by atoms with Gasteiger partial charge in [0.25, 0.3) is 0 Å². The number of allylic oxidation sites excluding steroid dienone is 2. The maximum atomic E-state index is 12.6. The minimum atomic E-state index is -0.637. The molecule has 184 valence electrons. The highest BCUT2D eigenvalue weighted by atomic mass is 16.6. The fourth-order valence-electron chi connectivity index (χ4n) is 5.05. The van der Waals surface area contributed by atoms with E-state index in [4.69, 9.17) is 10.00 Å². The van der Waals surface area contributed by atoms with Crippen molar-refractivity contribution in [3.8, 4) is 12.1 Å². The molecule has 1 aromatic carbocycles. The van der Waals surface area contributed by atoms with Crippen LogP contribution in [0, 0.1) is 11.3 Å². The molecule has 0 saturated carbocycles. The largest absolute Gasteiger partial charge is 0.419 e. The van der Waals surface area contributed by atoms with Gasteiger partial charge in [-0.15, -0.1) is 0 Å². The molecule has 1 fully saturated rings. The van der Waals surface area contributed by atoms with E-state index in [0.29, 0.717) is 5.92 Å². The van der Waals surface area contributed by atoms with Crippen LogP contribution in [0.1, 0.15) is 67.0 Å². The van der Waals surface area contributed by atoms with E-state index in [1.807, 2.05) is 30.5 Å². The summed E-state index contributed by atoms with van der Waals surface area (Å²) in [6, 6.07) is 14.4. The summed E-state index contributed by atoms with van der Waals surface area (Å²) < 4.78 is 5.25. The number of hydrogen-bond donors (Lipinski definition) is 2. The third-order valence-electron chi connectivity index (χ3n) is 6.95. The Morgan fingerprint density at radius 2 is 2.08 bits per heavy atom. The van der Waals surface area contributed by atoms with Crippen molar-refractivity contribution in [1.82, 2.24) is 19.9 Å². The van der Waals surface area contributed by atoms with Gasteiger partial charge in [-0.05, 0) is 92.9 Å². The topological polar surface area (TPSA) is 107 Å². The van der Waals surface area contributed by atoms with Gasteiger partial charge in [0, 0.05) is 18.3 Å². The number of H-pyrrole nitrogens is 1. The molecule has 1 saturated heterocycles. The predicted octanol–water partition coefficient (Wildman–Crippen LogP) is 5.62. The number of piperidine rings is 1. The minimum Gasteiger partial charge on any atom is -0.375 e. The number of anilines is 1. The number of rotatable bonds is 6. The lowest BCUT2D eigenvalue weighted by Gasteiger charge is -2.32. The van der Waals surface area contributed by atoms with E-state index >= 15 is 0 Å². The van der Waals surface area contributed by atoms with Crippen molar-refractivity contribution >= 4 is 17.4 Å². The summed E-state index contributed by atoms with van der Waals surface area (Å²) >= 11 is 0. The first-order valence-electron chi connectivity index (χ1n) is 12.6. The zero-order valence-electron chi connectivity index (χ0n) is 20.2. The molecule has 2 aromatic heterocycles. The maximum absolute atomic E-state index is 12.6. The first-order valence-corrected chi connectivity index (χ1v) is 12.6. The molecule has 0 atom stereocenters. The standard InChI is InChI=1S/C28H30N6O2/c29-17-24-18-31-27(32-24)36-28(35)33-26-10-9-22(16-25(26)21-6-2-1-3-7-21)20-11-14-34(15-12-20)19-23-8-4-5-13-30-23/h4-6,8-10,13,16,18,20H,1-3,7,11-12,14-15,19H2,(H,31,32)(H,33,35). The molecule has 1 amide bonds. The van der Waals surface area contributed by atoms with Gasteiger partial charge >= 0.3 is 12.1 Å². The summed E-state index contributed by atoms with van der Waals surface area (Å²) in [5.41, 5.74) is 5.74. The van der Waals surface area contributed by atoms with Gasteiger partial charge in [0.05, 0.1) is 17.6 Å². The summed E-state index contributed by atoms with van der Waals surface area (Å²) in [6.07, 6.45) is 11.4. The Bertz CT molecular complexity index is 1270. The van der Waals surface area contributed by atoms with Gasteiger partial charge < -0.3 is 4.74 Å². The van der Waals surface area contributed by atoms with E-state index in [2.05, 4.69) is 49.4 Å². The summed E-state index contributed by atoms with van der Waals surface area (Å²) in [5, 5.41) is 11.8. The Kier molecular flexibility index (Phi) is 7.39. The number of benzene rings is 1. The molecule has 0 radical (unpaired) electrons. The van der Waals surface area contributed by atoms with Crippen LogP contribution in [0.2, 0.25) is 0 Å². The first kappa shape index (κ1) is 23.8. The van der Waals surface area contributed by atoms with Gasteiger partial charge in [0.15, 0.2) is 0 Å². The minimum absolute atomic E-state index is 0.00318. The number of amides is 1. The molecule has 2 aliphatic rings. The van der Waals surface area contributed by atoms with Crippen LogP contribution in [-0.4, -0.2) is 39.0 Å². The fourth-order valence-corrected chi connectivity index (χ4v) is 5.05. The van der Waals surface area contributed by atoms with Crippen molar-refractivity contribution in [2.75, 3.05) is 18.4 Å². The Labute approximate surface area is 211 Å². The van der Waals surface area contributed by atoms with Crippen LogP contribution in [-0.2, 0) is 6.54 Å². The molecule has 3 heterocycles. The highest BCUT2D eigenvalue weighted by Crippen LogP contribution is 2.36. The van der Waals surface area contributed by atoms with E-state index in [9.17, 15) is 4.79 Å². The number of hydrogen-bond acceptors (Lipinski definition) is 6. The van der Waals surface area contributed by atoms with Gasteiger partial charge in [-0.3, -0.25) is 20.2 Å². The van der Waals surface area contributed by atoms with Crippen LogP contribution in [0.5, 0.6) is 6.01 Å². The summed E-state index contributed by atoms with van der Waals surface area (Å²) in [5.74, 6) is 0.487. The van der Waals surface area contributed by atoms with Gasteiger partial charge in [0.1, 0.15) is 11.8 Å². The number of aromatic amines is 1. The van der Waals surface area contributed by atoms with Crippen LogP contribution in [0.25, 0.3) is 5.57 Å². The lowest BCUT2D eigenvalue weighted by molar-refractivity contribution is 0.202. The third-order valence-corrected chi connectivity index (χ3v) is 6.95. The maximum Gasteiger partial charge on any atom is 0.419 e. The number of nitriles is 1. The molecule has 36 heavy (non-hydrogen) atoms. The number of nitrogens with one attached hydrogen (secondary N) is 2. The SMILES string of the molecule is N#Cc1cnc(OC(=O)Nc2ccc(C3CCN(Cc4ccccn4)CC3)cc2C2=CCCCC2)[nH]1. The van der Waals surface area contributed by atoms with Gasteiger partial charge in [-0.1, -0.05) is 18.2 Å². The number of ether oxygens (including phenoxy) is 1. The number of aromatic nitrogens is 3. The number of carbonyl (C=O) groups is 1. The van der Waals surface area contributed by atoms with E-state index in [-0.39, 0.29) is 11.7 Å². The van der Waals surface area contributed by atoms with Crippen LogP contribution >= 0.6 is 0 Å². The van der Waals surface area contributed by atoms with E-state index in [0.717, 1.165) is 68.7 Å². The molecule has 0 spiro atoms. The summed E-state index contributed by atoms with van der Waals surface area (Å²) in [7, 11) is 0. The van der Waals surface area contributed by atoms with E-state index in [1.165, 1.54) is 23.8 Å². The van der Waals surface area contributed by atoms with Crippen LogP contribution in [0.4, 0.5) is 10.5 Å². The number of imidazole rings is 1. The van der Waals surface area contributed by atoms with Crippen molar-refractivity contribution in [2.45, 2.75) is 51.0 Å². The number of nitrogens with zero attached hydrogens (tertiary/aromatic N) is 4. The average Bonchev–Trinajstić information content (AvgIpc) is 3.38. The first-order chi connectivity index (χ1) is 17.7. The highest BCUT2D eigenvalue weighted by molar-refractivity contribution is 5.91. The predicted molar refractivity (Wildman–Crippen MR) is 137 cm³/mol. The number of likely N-dealkylation sites (tertiary alicyclic amines) is 1. The van der Waals surface area contributed by atoms with Crippen LogP contribution in [0.15, 0.2) is 54.9 Å². The van der Waals surface area contributed by atoms with Crippen molar-refractivity contribution in [3.63, 3.8) is 0 Å². The molecule has 0 bridgehead atoms. The lowest BCUT2D eigenvalue weighted by Crippen LogP contribution is -2.32. The summed E-state index contributed by atoms with van der Waals surface area (Å²) in [4.78, 5) is 26.1. The second kappa shape index (κ2) is 11.2. The second-order valence-electron chi connectivity index (χ2n) is 9.38. The number of pyridine rings is 1. The zero-order valence-corrected chi connectivity index (χ0v) is 20.2. The molecule has 8 heteroatoms. The molecular formula is C28H30N6O2. The second-order valence-corrected chi connectivity index (χ2v) is 9.38. The normalized spacial score (nSPS) is 16.7. The molecule has 5 rings (SSSR count). The Morgan fingerprint density at radius 1 is 1.19 bits per heavy atom. The molecule has 2 N–H and O–H groups in total. The van der Waals surface area contributed by atoms with Crippen molar-refractivity contribution < 1.29 is 9.53 Å². The van der Waals surface area contributed by atoms with Gasteiger partial charge in [0.2, 0.25) is 0 Å². The summed E-state index contributed by atoms with van der Waals surface area (Å²) in [6.45, 7) is 2.97.